The summed E-state index contributed by atoms with van der Waals surface area (Å²) in [5, 5.41) is 10.5. The number of amides is 1. The first-order valence-corrected chi connectivity index (χ1v) is 9.11. The van der Waals surface area contributed by atoms with Gasteiger partial charge in [0.25, 0.3) is 5.91 Å². The van der Waals surface area contributed by atoms with Gasteiger partial charge >= 0.3 is 0 Å². The summed E-state index contributed by atoms with van der Waals surface area (Å²) in [4.78, 5) is 30.6. The number of aliphatic hydroxyl groups is 1. The van der Waals surface area contributed by atoms with Gasteiger partial charge < -0.3 is 10.0 Å². The van der Waals surface area contributed by atoms with Crippen molar-refractivity contribution in [3.63, 3.8) is 0 Å². The molecule has 2 aromatic carbocycles. The Labute approximate surface area is 158 Å². The maximum Gasteiger partial charge on any atom is 0.256 e. The Morgan fingerprint density at radius 3 is 2.26 bits per heavy atom. The van der Waals surface area contributed by atoms with Crippen molar-refractivity contribution in [2.45, 2.75) is 39.8 Å². The lowest BCUT2D eigenvalue weighted by molar-refractivity contribution is 0.0298. The molecule has 2 aliphatic rings. The first kappa shape index (κ1) is 17.6. The second-order valence-corrected chi connectivity index (χ2v) is 7.41. The van der Waals surface area contributed by atoms with Crippen LogP contribution in [0.15, 0.2) is 29.3 Å². The van der Waals surface area contributed by atoms with Crippen LogP contribution in [0.5, 0.6) is 0 Å². The van der Waals surface area contributed by atoms with Crippen LogP contribution in [0.25, 0.3) is 0 Å². The molecule has 4 rings (SSSR count). The Bertz CT molecular complexity index is 1040. The van der Waals surface area contributed by atoms with Gasteiger partial charge in [0.05, 0.1) is 22.5 Å². The van der Waals surface area contributed by atoms with Crippen LogP contribution in [0.2, 0.25) is 0 Å². The third-order valence-electron chi connectivity index (χ3n) is 5.67. The number of Topliss-reactive ketones (excluding diaryl/α,β-unsaturated/α-hetero) is 1. The molecule has 0 aromatic heterocycles. The van der Waals surface area contributed by atoms with E-state index in [4.69, 9.17) is 0 Å². The lowest BCUT2D eigenvalue weighted by Gasteiger charge is -2.16. The SMILES string of the molecule is CC1=Nc2c(CCc3ccc(C)c4c3C(O)N(C)C4=O)ccc(C)c2C1=O. The zero-order valence-electron chi connectivity index (χ0n) is 16.0. The Balaban J connectivity index is 1.70. The minimum atomic E-state index is -0.909. The largest absolute Gasteiger partial charge is 0.369 e. The molecule has 1 amide bonds. The number of nitrogens with zero attached hydrogens (tertiary/aromatic N) is 2. The predicted octanol–water partition coefficient (Wildman–Crippen LogP) is 3.45. The maximum atomic E-state index is 12.4. The molecule has 5 heteroatoms. The number of rotatable bonds is 3. The molecule has 1 atom stereocenters. The Kier molecular flexibility index (Phi) is 4.00. The summed E-state index contributed by atoms with van der Waals surface area (Å²) >= 11 is 0. The van der Waals surface area contributed by atoms with E-state index in [1.807, 2.05) is 38.1 Å². The van der Waals surface area contributed by atoms with Crippen molar-refractivity contribution in [3.05, 3.63) is 63.2 Å². The van der Waals surface area contributed by atoms with E-state index in [-0.39, 0.29) is 11.7 Å². The zero-order chi connectivity index (χ0) is 19.5. The monoisotopic (exact) mass is 362 g/mol. The number of hydrogen-bond acceptors (Lipinski definition) is 4. The van der Waals surface area contributed by atoms with Gasteiger partial charge in [-0.15, -0.1) is 0 Å². The zero-order valence-corrected chi connectivity index (χ0v) is 16.0. The number of hydrogen-bond donors (Lipinski definition) is 1. The first-order valence-electron chi connectivity index (χ1n) is 9.11. The van der Waals surface area contributed by atoms with Crippen LogP contribution in [0.1, 0.15) is 61.7 Å². The molecule has 1 unspecified atom stereocenters. The highest BCUT2D eigenvalue weighted by atomic mass is 16.3. The van der Waals surface area contributed by atoms with E-state index in [9.17, 15) is 14.7 Å². The molecule has 0 saturated carbocycles. The highest BCUT2D eigenvalue weighted by Gasteiger charge is 2.36. The van der Waals surface area contributed by atoms with E-state index in [1.165, 1.54) is 4.90 Å². The van der Waals surface area contributed by atoms with Crippen molar-refractivity contribution in [3.8, 4) is 0 Å². The smallest absolute Gasteiger partial charge is 0.256 e. The third-order valence-corrected chi connectivity index (χ3v) is 5.67. The minimum Gasteiger partial charge on any atom is -0.369 e. The number of fused-ring (bicyclic) bond motifs is 2. The predicted molar refractivity (Wildman–Crippen MR) is 104 cm³/mol. The molecular weight excluding hydrogens is 340 g/mol. The molecule has 27 heavy (non-hydrogen) atoms. The topological polar surface area (TPSA) is 70.0 Å². The number of carbonyl (C=O) groups excluding carboxylic acids is 2. The summed E-state index contributed by atoms with van der Waals surface area (Å²) in [5.74, 6) is -0.137. The van der Waals surface area contributed by atoms with Gasteiger partial charge in [-0.05, 0) is 55.9 Å². The number of aryl methyl sites for hydroxylation is 4. The molecular formula is C22H22N2O3. The average Bonchev–Trinajstić information content (AvgIpc) is 3.06. The molecule has 5 nitrogen and oxygen atoms in total. The molecule has 2 aromatic rings. The van der Waals surface area contributed by atoms with Crippen LogP contribution in [0.4, 0.5) is 5.69 Å². The third kappa shape index (κ3) is 2.53. The Morgan fingerprint density at radius 2 is 1.56 bits per heavy atom. The van der Waals surface area contributed by atoms with Crippen LogP contribution >= 0.6 is 0 Å². The van der Waals surface area contributed by atoms with Gasteiger partial charge in [0.15, 0.2) is 6.23 Å². The van der Waals surface area contributed by atoms with Gasteiger partial charge in [-0.25, -0.2) is 4.99 Å². The van der Waals surface area contributed by atoms with Crippen molar-refractivity contribution in [2.75, 3.05) is 7.05 Å². The van der Waals surface area contributed by atoms with Crippen molar-refractivity contribution in [1.29, 1.82) is 0 Å². The van der Waals surface area contributed by atoms with E-state index in [1.54, 1.807) is 14.0 Å². The van der Waals surface area contributed by atoms with Gasteiger partial charge in [-0.1, -0.05) is 24.3 Å². The summed E-state index contributed by atoms with van der Waals surface area (Å²) < 4.78 is 0. The molecule has 0 radical (unpaired) electrons. The molecule has 1 N–H and O–H groups in total. The fourth-order valence-electron chi connectivity index (χ4n) is 4.07. The Morgan fingerprint density at radius 1 is 0.963 bits per heavy atom. The number of aliphatic hydroxyl groups excluding tert-OH is 1. The molecule has 0 bridgehead atoms. The summed E-state index contributed by atoms with van der Waals surface area (Å²) in [6, 6.07) is 7.90. The number of benzene rings is 2. The number of ketones is 1. The summed E-state index contributed by atoms with van der Waals surface area (Å²) in [6.45, 7) is 5.57. The van der Waals surface area contributed by atoms with Crippen LogP contribution in [0.3, 0.4) is 0 Å². The van der Waals surface area contributed by atoms with Crippen molar-refractivity contribution in [2.24, 2.45) is 4.99 Å². The highest BCUT2D eigenvalue weighted by molar-refractivity contribution is 6.49. The highest BCUT2D eigenvalue weighted by Crippen LogP contribution is 2.37. The molecule has 0 saturated heterocycles. The fraction of sp³-hybridized carbons (Fsp3) is 0.318. The van der Waals surface area contributed by atoms with E-state index in [2.05, 4.69) is 4.99 Å². The maximum absolute atomic E-state index is 12.4. The molecule has 0 spiro atoms. The summed E-state index contributed by atoms with van der Waals surface area (Å²) in [7, 11) is 1.62. The van der Waals surface area contributed by atoms with E-state index >= 15 is 0 Å². The van der Waals surface area contributed by atoms with Crippen LogP contribution < -0.4 is 0 Å². The quantitative estimate of drug-likeness (QED) is 0.909. The minimum absolute atomic E-state index is 0.00298. The molecule has 2 heterocycles. The van der Waals surface area contributed by atoms with Crippen molar-refractivity contribution >= 4 is 23.1 Å². The molecule has 0 fully saturated rings. The van der Waals surface area contributed by atoms with Crippen LogP contribution in [-0.2, 0) is 12.8 Å². The lowest BCUT2D eigenvalue weighted by Crippen LogP contribution is -2.22. The first-order chi connectivity index (χ1) is 12.8. The van der Waals surface area contributed by atoms with Gasteiger partial charge in [0.2, 0.25) is 5.78 Å². The van der Waals surface area contributed by atoms with Gasteiger partial charge in [-0.3, -0.25) is 9.59 Å². The standard InChI is InChI=1S/C22H22N2O3/c1-11-5-7-14(18-16(11)21(26)24(4)22(18)27)9-10-15-8-6-12(2)17-19(15)23-13(3)20(17)25/h5-8,22,27H,9-10H2,1-4H3. The number of aliphatic imine (C=N–C) groups is 1. The average molecular weight is 362 g/mol. The Hall–Kier alpha value is -2.79. The summed E-state index contributed by atoms with van der Waals surface area (Å²) in [5.41, 5.74) is 7.12. The fourth-order valence-corrected chi connectivity index (χ4v) is 4.07. The molecule has 138 valence electrons. The normalized spacial score (nSPS) is 18.0. The van der Waals surface area contributed by atoms with Crippen LogP contribution in [0, 0.1) is 13.8 Å². The summed E-state index contributed by atoms with van der Waals surface area (Å²) in [6.07, 6.45) is 0.444. The van der Waals surface area contributed by atoms with E-state index in [0.29, 0.717) is 35.2 Å². The second kappa shape index (κ2) is 6.13. The molecule has 0 aliphatic carbocycles. The van der Waals surface area contributed by atoms with Crippen LogP contribution in [-0.4, -0.2) is 34.5 Å². The van der Waals surface area contributed by atoms with Crippen molar-refractivity contribution < 1.29 is 14.7 Å². The van der Waals surface area contributed by atoms with Gasteiger partial charge in [0.1, 0.15) is 0 Å². The van der Waals surface area contributed by atoms with E-state index < -0.39 is 6.23 Å². The van der Waals surface area contributed by atoms with Gasteiger partial charge in [0, 0.05) is 12.6 Å². The van der Waals surface area contributed by atoms with E-state index in [0.717, 1.165) is 27.9 Å². The van der Waals surface area contributed by atoms with Crippen molar-refractivity contribution in [1.82, 2.24) is 4.90 Å². The number of carbonyl (C=O) groups is 2. The van der Waals surface area contributed by atoms with Gasteiger partial charge in [-0.2, -0.15) is 0 Å². The molecule has 2 aliphatic heterocycles. The second-order valence-electron chi connectivity index (χ2n) is 7.41. The lowest BCUT2D eigenvalue weighted by atomic mass is 9.92.